The highest BCUT2D eigenvalue weighted by Gasteiger charge is 2.09. The van der Waals surface area contributed by atoms with Gasteiger partial charge in [-0.2, -0.15) is 5.26 Å². The molecule has 104 valence electrons. The van der Waals surface area contributed by atoms with Gasteiger partial charge in [-0.05, 0) is 35.6 Å². The van der Waals surface area contributed by atoms with Crippen LogP contribution in [0.15, 0.2) is 41.8 Å². The lowest BCUT2D eigenvalue weighted by Gasteiger charge is -2.15. The van der Waals surface area contributed by atoms with Crippen molar-refractivity contribution in [3.63, 3.8) is 0 Å². The fraction of sp³-hybridized carbons (Fsp3) is 0.312. The maximum atomic E-state index is 8.46. The predicted octanol–water partition coefficient (Wildman–Crippen LogP) is 3.89. The third-order valence-corrected chi connectivity index (χ3v) is 4.06. The average Bonchev–Trinajstić information content (AvgIpc) is 3.01. The molecule has 0 aliphatic carbocycles. The lowest BCUT2D eigenvalue weighted by Crippen LogP contribution is -2.19. The molecule has 1 aromatic heterocycles. The van der Waals surface area contributed by atoms with Gasteiger partial charge >= 0.3 is 0 Å². The molecule has 20 heavy (non-hydrogen) atoms. The Kier molecular flexibility index (Phi) is 5.60. The number of nitrogens with one attached hydrogen (secondary N) is 1. The first kappa shape index (κ1) is 14.6. The van der Waals surface area contributed by atoms with Crippen LogP contribution in [-0.2, 0) is 6.54 Å². The van der Waals surface area contributed by atoms with Crippen LogP contribution in [0.25, 0.3) is 0 Å². The minimum atomic E-state index is 0.0912. The van der Waals surface area contributed by atoms with Crippen LogP contribution in [0.1, 0.15) is 29.8 Å². The molecule has 0 radical (unpaired) electrons. The standard InChI is InChI=1S/C16H18N2OS/c1-2-15(16-4-3-11-20-16)18-12-13-5-7-14(8-6-13)19-10-9-17/h3-8,11,15,18H,2,10,12H2,1H3. The summed E-state index contributed by atoms with van der Waals surface area (Å²) in [7, 11) is 0. The Balaban J connectivity index is 1.88. The first-order valence-electron chi connectivity index (χ1n) is 6.69. The van der Waals surface area contributed by atoms with Crippen molar-refractivity contribution >= 4 is 11.3 Å². The van der Waals surface area contributed by atoms with Crippen molar-refractivity contribution in [2.75, 3.05) is 6.61 Å². The second-order valence-corrected chi connectivity index (χ2v) is 5.43. The molecule has 0 saturated carbocycles. The lowest BCUT2D eigenvalue weighted by atomic mass is 10.1. The predicted molar refractivity (Wildman–Crippen MR) is 81.7 cm³/mol. The molecule has 3 nitrogen and oxygen atoms in total. The largest absolute Gasteiger partial charge is 0.479 e. The highest BCUT2D eigenvalue weighted by atomic mass is 32.1. The number of hydrogen-bond acceptors (Lipinski definition) is 4. The van der Waals surface area contributed by atoms with Crippen LogP contribution < -0.4 is 10.1 Å². The van der Waals surface area contributed by atoms with E-state index < -0.39 is 0 Å². The lowest BCUT2D eigenvalue weighted by molar-refractivity contribution is 0.368. The van der Waals surface area contributed by atoms with Crippen molar-refractivity contribution in [1.29, 1.82) is 5.26 Å². The third kappa shape index (κ3) is 4.09. The van der Waals surface area contributed by atoms with E-state index in [2.05, 4.69) is 29.8 Å². The van der Waals surface area contributed by atoms with E-state index in [9.17, 15) is 0 Å². The molecule has 4 heteroatoms. The van der Waals surface area contributed by atoms with Crippen molar-refractivity contribution in [2.45, 2.75) is 25.9 Å². The summed E-state index contributed by atoms with van der Waals surface area (Å²) in [5.41, 5.74) is 1.21. The van der Waals surface area contributed by atoms with Crippen LogP contribution >= 0.6 is 11.3 Å². The van der Waals surface area contributed by atoms with Crippen LogP contribution in [0, 0.1) is 11.3 Å². The molecule has 1 atom stereocenters. The summed E-state index contributed by atoms with van der Waals surface area (Å²) in [5, 5.41) is 14.1. The van der Waals surface area contributed by atoms with E-state index >= 15 is 0 Å². The number of nitrogens with zero attached hydrogens (tertiary/aromatic N) is 1. The first-order chi connectivity index (χ1) is 9.83. The van der Waals surface area contributed by atoms with E-state index in [0.717, 1.165) is 18.7 Å². The summed E-state index contributed by atoms with van der Waals surface area (Å²) in [6, 6.07) is 14.5. The Hall–Kier alpha value is -1.83. The van der Waals surface area contributed by atoms with Crippen LogP contribution in [0.5, 0.6) is 5.75 Å². The van der Waals surface area contributed by atoms with Gasteiger partial charge in [-0.25, -0.2) is 0 Å². The SMILES string of the molecule is CCC(NCc1ccc(OCC#N)cc1)c1cccs1. The van der Waals surface area contributed by atoms with Gasteiger partial charge in [0.2, 0.25) is 0 Å². The molecular weight excluding hydrogens is 268 g/mol. The van der Waals surface area contributed by atoms with E-state index in [-0.39, 0.29) is 6.61 Å². The fourth-order valence-corrected chi connectivity index (χ4v) is 2.88. The summed E-state index contributed by atoms with van der Waals surface area (Å²) in [5.74, 6) is 0.737. The van der Waals surface area contributed by atoms with Crippen molar-refractivity contribution in [2.24, 2.45) is 0 Å². The van der Waals surface area contributed by atoms with Crippen LogP contribution in [0.2, 0.25) is 0 Å². The van der Waals surface area contributed by atoms with Crippen LogP contribution in [0.3, 0.4) is 0 Å². The number of benzene rings is 1. The summed E-state index contributed by atoms with van der Waals surface area (Å²) >= 11 is 1.79. The van der Waals surface area contributed by atoms with E-state index in [1.807, 2.05) is 30.3 Å². The molecule has 0 fully saturated rings. The number of ether oxygens (including phenoxy) is 1. The Morgan fingerprint density at radius 3 is 2.70 bits per heavy atom. The highest BCUT2D eigenvalue weighted by Crippen LogP contribution is 2.22. The molecule has 0 aliphatic heterocycles. The zero-order valence-electron chi connectivity index (χ0n) is 11.5. The smallest absolute Gasteiger partial charge is 0.174 e. The summed E-state index contributed by atoms with van der Waals surface area (Å²) in [6.45, 7) is 3.11. The van der Waals surface area contributed by atoms with Gasteiger partial charge in [-0.3, -0.25) is 0 Å². The molecule has 0 aliphatic rings. The molecule has 2 rings (SSSR count). The Bertz CT molecular complexity index is 543. The molecule has 1 heterocycles. The van der Waals surface area contributed by atoms with Crippen molar-refractivity contribution < 1.29 is 4.74 Å². The van der Waals surface area contributed by atoms with Crippen molar-refractivity contribution in [1.82, 2.24) is 5.32 Å². The van der Waals surface area contributed by atoms with Gasteiger partial charge < -0.3 is 10.1 Å². The van der Waals surface area contributed by atoms with E-state index in [1.165, 1.54) is 10.4 Å². The number of nitriles is 1. The van der Waals surface area contributed by atoms with Crippen molar-refractivity contribution in [3.05, 3.63) is 52.2 Å². The van der Waals surface area contributed by atoms with Gasteiger partial charge in [-0.1, -0.05) is 25.1 Å². The Morgan fingerprint density at radius 2 is 2.10 bits per heavy atom. The Morgan fingerprint density at radius 1 is 1.30 bits per heavy atom. The van der Waals surface area contributed by atoms with Crippen LogP contribution in [0.4, 0.5) is 0 Å². The van der Waals surface area contributed by atoms with Crippen LogP contribution in [-0.4, -0.2) is 6.61 Å². The second-order valence-electron chi connectivity index (χ2n) is 4.45. The zero-order chi connectivity index (χ0) is 14.2. The average molecular weight is 286 g/mol. The second kappa shape index (κ2) is 7.68. The van der Waals surface area contributed by atoms with Gasteiger partial charge in [0.25, 0.3) is 0 Å². The maximum Gasteiger partial charge on any atom is 0.174 e. The minimum Gasteiger partial charge on any atom is -0.479 e. The van der Waals surface area contributed by atoms with Gasteiger partial charge in [-0.15, -0.1) is 11.3 Å². The molecule has 2 aromatic rings. The quantitative estimate of drug-likeness (QED) is 0.839. The van der Waals surface area contributed by atoms with Gasteiger partial charge in [0.1, 0.15) is 11.8 Å². The summed E-state index contributed by atoms with van der Waals surface area (Å²) in [6.07, 6.45) is 1.07. The monoisotopic (exact) mass is 286 g/mol. The molecule has 0 saturated heterocycles. The number of thiophene rings is 1. The van der Waals surface area contributed by atoms with Gasteiger partial charge in [0.15, 0.2) is 6.61 Å². The minimum absolute atomic E-state index is 0.0912. The molecule has 1 N–H and O–H groups in total. The summed E-state index contributed by atoms with van der Waals surface area (Å²) < 4.78 is 5.24. The maximum absolute atomic E-state index is 8.46. The topological polar surface area (TPSA) is 45.0 Å². The molecule has 0 bridgehead atoms. The summed E-state index contributed by atoms with van der Waals surface area (Å²) in [4.78, 5) is 1.38. The van der Waals surface area contributed by atoms with Gasteiger partial charge in [0.05, 0.1) is 0 Å². The molecular formula is C16H18N2OS. The number of rotatable bonds is 7. The fourth-order valence-electron chi connectivity index (χ4n) is 2.00. The molecule has 1 aromatic carbocycles. The van der Waals surface area contributed by atoms with Crippen molar-refractivity contribution in [3.8, 4) is 11.8 Å². The zero-order valence-corrected chi connectivity index (χ0v) is 12.3. The van der Waals surface area contributed by atoms with Gasteiger partial charge in [0, 0.05) is 17.5 Å². The first-order valence-corrected chi connectivity index (χ1v) is 7.57. The molecule has 0 amide bonds. The Labute approximate surface area is 123 Å². The van der Waals surface area contributed by atoms with E-state index in [1.54, 1.807) is 11.3 Å². The van der Waals surface area contributed by atoms with E-state index in [4.69, 9.17) is 10.00 Å². The third-order valence-electron chi connectivity index (χ3n) is 3.07. The molecule has 1 unspecified atom stereocenters. The normalized spacial score (nSPS) is 11.8. The highest BCUT2D eigenvalue weighted by molar-refractivity contribution is 7.10. The number of hydrogen-bond donors (Lipinski definition) is 1. The van der Waals surface area contributed by atoms with E-state index in [0.29, 0.717) is 6.04 Å². The molecule has 0 spiro atoms.